The van der Waals surface area contributed by atoms with Crippen molar-refractivity contribution in [1.29, 1.82) is 0 Å². The fourth-order valence-corrected chi connectivity index (χ4v) is 3.53. The molecular weight excluding hydrogens is 392 g/mol. The Hall–Kier alpha value is -2.48. The maximum atomic E-state index is 6.00. The summed E-state index contributed by atoms with van der Waals surface area (Å²) in [5.41, 5.74) is 2.34. The van der Waals surface area contributed by atoms with Crippen molar-refractivity contribution in [2.75, 3.05) is 13.2 Å². The van der Waals surface area contributed by atoms with E-state index in [9.17, 15) is 0 Å². The summed E-state index contributed by atoms with van der Waals surface area (Å²) in [7, 11) is 0. The van der Waals surface area contributed by atoms with Crippen LogP contribution in [0.4, 0.5) is 0 Å². The highest BCUT2D eigenvalue weighted by atomic mass is 16.5. The van der Waals surface area contributed by atoms with E-state index in [0.29, 0.717) is 11.8 Å². The minimum Gasteiger partial charge on any atom is -0.493 e. The molecule has 0 N–H and O–H groups in total. The van der Waals surface area contributed by atoms with Crippen molar-refractivity contribution in [3.05, 3.63) is 71.8 Å². The molecule has 0 fully saturated rings. The minimum absolute atomic E-state index is 0.638. The van der Waals surface area contributed by atoms with Gasteiger partial charge in [0, 0.05) is 0 Å². The van der Waals surface area contributed by atoms with Crippen LogP contribution < -0.4 is 9.47 Å². The lowest BCUT2D eigenvalue weighted by atomic mass is 10.0. The van der Waals surface area contributed by atoms with Gasteiger partial charge in [0.1, 0.15) is 11.5 Å². The average Bonchev–Trinajstić information content (AvgIpc) is 2.84. The molecule has 0 amide bonds. The number of benzene rings is 2. The fourth-order valence-electron chi connectivity index (χ4n) is 3.53. The molecule has 2 nitrogen and oxygen atoms in total. The van der Waals surface area contributed by atoms with Crippen LogP contribution >= 0.6 is 0 Å². The van der Waals surface area contributed by atoms with E-state index in [1.165, 1.54) is 36.8 Å². The van der Waals surface area contributed by atoms with Crippen molar-refractivity contribution < 1.29 is 9.47 Å². The quantitative estimate of drug-likeness (QED) is 0.261. The second-order valence-corrected chi connectivity index (χ2v) is 8.58. The molecule has 174 valence electrons. The zero-order chi connectivity index (χ0) is 23.0. The van der Waals surface area contributed by atoms with Gasteiger partial charge in [-0.1, -0.05) is 108 Å². The molecule has 2 aromatic carbocycles. The molecule has 2 rings (SSSR count). The lowest BCUT2D eigenvalue weighted by Crippen LogP contribution is -2.11. The van der Waals surface area contributed by atoms with Crippen LogP contribution in [0.5, 0.6) is 11.5 Å². The van der Waals surface area contributed by atoms with E-state index in [-0.39, 0.29) is 0 Å². The summed E-state index contributed by atoms with van der Waals surface area (Å²) >= 11 is 0. The number of rotatable bonds is 15. The molecule has 2 aromatic rings. The van der Waals surface area contributed by atoms with Crippen LogP contribution in [-0.2, 0) is 0 Å². The highest BCUT2D eigenvalue weighted by molar-refractivity contribution is 5.58. The molecule has 2 heteroatoms. The molecule has 1 unspecified atom stereocenters. The predicted octanol–water partition coefficient (Wildman–Crippen LogP) is 8.82. The van der Waals surface area contributed by atoms with Crippen LogP contribution in [0.2, 0.25) is 0 Å². The summed E-state index contributed by atoms with van der Waals surface area (Å²) < 4.78 is 11.9. The molecule has 0 aromatic heterocycles. The standard InChI is InChI=1S/C30H42O2/c1-5-9-12-26(8-4)24-32-30-21-17-28(18-22-30)14-11-10-13-27-15-19-29(20-16-27)31-23-25(6-2)7-3/h10-11,13-22,25-26H,5-9,12,23-24H2,1-4H3/b13-10+,14-11+. The summed E-state index contributed by atoms with van der Waals surface area (Å²) in [4.78, 5) is 0. The molecule has 0 aliphatic heterocycles. The molecule has 0 aliphatic carbocycles. The summed E-state index contributed by atoms with van der Waals surface area (Å²) in [5.74, 6) is 3.20. The van der Waals surface area contributed by atoms with Crippen LogP contribution in [0.3, 0.4) is 0 Å². The third-order valence-corrected chi connectivity index (χ3v) is 6.12. The number of hydrogen-bond acceptors (Lipinski definition) is 2. The largest absolute Gasteiger partial charge is 0.493 e. The van der Waals surface area contributed by atoms with Crippen LogP contribution in [0.15, 0.2) is 60.7 Å². The van der Waals surface area contributed by atoms with Crippen molar-refractivity contribution in [3.63, 3.8) is 0 Å². The molecule has 0 radical (unpaired) electrons. The van der Waals surface area contributed by atoms with Crippen molar-refractivity contribution in [1.82, 2.24) is 0 Å². The topological polar surface area (TPSA) is 18.5 Å². The summed E-state index contributed by atoms with van der Waals surface area (Å²) in [6.07, 6.45) is 15.7. The van der Waals surface area contributed by atoms with Gasteiger partial charge in [-0.05, 0) is 53.6 Å². The molecule has 1 atom stereocenters. The SMILES string of the molecule is CCCCC(CC)COc1ccc(/C=C/C=C/c2ccc(OCC(CC)CC)cc2)cc1. The molecular formula is C30H42O2. The Bertz CT molecular complexity index is 783. The van der Waals surface area contributed by atoms with E-state index in [0.717, 1.165) is 37.6 Å². The molecule has 0 saturated carbocycles. The summed E-state index contributed by atoms with van der Waals surface area (Å²) in [6.45, 7) is 10.6. The number of ether oxygens (including phenoxy) is 2. The maximum absolute atomic E-state index is 6.00. The number of allylic oxidation sites excluding steroid dienone is 2. The van der Waals surface area contributed by atoms with Crippen LogP contribution in [-0.4, -0.2) is 13.2 Å². The Morgan fingerprint density at radius 2 is 1.06 bits per heavy atom. The Morgan fingerprint density at radius 1 is 0.625 bits per heavy atom. The van der Waals surface area contributed by atoms with Gasteiger partial charge >= 0.3 is 0 Å². The molecule has 0 heterocycles. The van der Waals surface area contributed by atoms with Gasteiger partial charge in [0.25, 0.3) is 0 Å². The lowest BCUT2D eigenvalue weighted by molar-refractivity contribution is 0.233. The normalized spacial score (nSPS) is 12.7. The second-order valence-electron chi connectivity index (χ2n) is 8.58. The first-order valence-corrected chi connectivity index (χ1v) is 12.5. The van der Waals surface area contributed by atoms with Crippen LogP contribution in [0, 0.1) is 11.8 Å². The van der Waals surface area contributed by atoms with Gasteiger partial charge < -0.3 is 9.47 Å². The van der Waals surface area contributed by atoms with Crippen LogP contribution in [0.25, 0.3) is 12.2 Å². The van der Waals surface area contributed by atoms with E-state index >= 15 is 0 Å². The zero-order valence-electron chi connectivity index (χ0n) is 20.6. The van der Waals surface area contributed by atoms with E-state index in [2.05, 4.69) is 101 Å². The summed E-state index contributed by atoms with van der Waals surface area (Å²) in [5, 5.41) is 0. The van der Waals surface area contributed by atoms with Gasteiger partial charge in [0.15, 0.2) is 0 Å². The van der Waals surface area contributed by atoms with Crippen molar-refractivity contribution in [3.8, 4) is 11.5 Å². The van der Waals surface area contributed by atoms with Crippen molar-refractivity contribution in [2.24, 2.45) is 11.8 Å². The third kappa shape index (κ3) is 9.77. The lowest BCUT2D eigenvalue weighted by Gasteiger charge is -2.15. The van der Waals surface area contributed by atoms with Gasteiger partial charge in [0.2, 0.25) is 0 Å². The minimum atomic E-state index is 0.638. The third-order valence-electron chi connectivity index (χ3n) is 6.12. The van der Waals surface area contributed by atoms with Gasteiger partial charge in [-0.15, -0.1) is 0 Å². The Morgan fingerprint density at radius 3 is 1.47 bits per heavy atom. The summed E-state index contributed by atoms with van der Waals surface area (Å²) in [6, 6.07) is 16.7. The first-order chi connectivity index (χ1) is 15.7. The molecule has 0 bridgehead atoms. The van der Waals surface area contributed by atoms with Crippen LogP contribution in [0.1, 0.15) is 77.3 Å². The van der Waals surface area contributed by atoms with E-state index in [1.54, 1.807) is 0 Å². The maximum Gasteiger partial charge on any atom is 0.119 e. The van der Waals surface area contributed by atoms with Crippen molar-refractivity contribution >= 4 is 12.2 Å². The first-order valence-electron chi connectivity index (χ1n) is 12.5. The number of unbranched alkanes of at least 4 members (excludes halogenated alkanes) is 1. The van der Waals surface area contributed by atoms with Gasteiger partial charge in [-0.25, -0.2) is 0 Å². The number of hydrogen-bond donors (Lipinski definition) is 0. The average molecular weight is 435 g/mol. The molecule has 0 spiro atoms. The van der Waals surface area contributed by atoms with Crippen molar-refractivity contribution in [2.45, 2.75) is 66.2 Å². The molecule has 0 saturated heterocycles. The smallest absolute Gasteiger partial charge is 0.119 e. The molecule has 32 heavy (non-hydrogen) atoms. The Balaban J connectivity index is 1.78. The highest BCUT2D eigenvalue weighted by Crippen LogP contribution is 2.19. The Labute approximate surface area is 196 Å². The second kappa shape index (κ2) is 15.3. The van der Waals surface area contributed by atoms with E-state index in [1.807, 2.05) is 0 Å². The predicted molar refractivity (Wildman–Crippen MR) is 139 cm³/mol. The van der Waals surface area contributed by atoms with Gasteiger partial charge in [-0.3, -0.25) is 0 Å². The van der Waals surface area contributed by atoms with Gasteiger partial charge in [-0.2, -0.15) is 0 Å². The highest BCUT2D eigenvalue weighted by Gasteiger charge is 2.07. The fraction of sp³-hybridized carbons (Fsp3) is 0.467. The monoisotopic (exact) mass is 434 g/mol. The Kier molecular flexibility index (Phi) is 12.4. The first kappa shape index (κ1) is 25.8. The van der Waals surface area contributed by atoms with E-state index in [4.69, 9.17) is 9.47 Å². The zero-order valence-corrected chi connectivity index (χ0v) is 20.6. The van der Waals surface area contributed by atoms with E-state index < -0.39 is 0 Å². The molecule has 0 aliphatic rings. The van der Waals surface area contributed by atoms with Gasteiger partial charge in [0.05, 0.1) is 13.2 Å².